The van der Waals surface area contributed by atoms with Gasteiger partial charge in [0.2, 0.25) is 0 Å². The van der Waals surface area contributed by atoms with E-state index in [2.05, 4.69) is 50.1 Å². The molecule has 2 atom stereocenters. The molecule has 2 nitrogen and oxygen atoms in total. The number of nitrogens with one attached hydrogen (secondary N) is 1. The van der Waals surface area contributed by atoms with Crippen LogP contribution in [0.2, 0.25) is 0 Å². The Balaban J connectivity index is 2.38. The van der Waals surface area contributed by atoms with E-state index < -0.39 is 0 Å². The summed E-state index contributed by atoms with van der Waals surface area (Å²) in [5.41, 5.74) is 3.88. The largest absolute Gasteiger partial charge is 0.496 e. The second-order valence-corrected chi connectivity index (χ2v) is 6.17. The molecule has 1 fully saturated rings. The number of rotatable bonds is 4. The van der Waals surface area contributed by atoms with Gasteiger partial charge in [-0.3, -0.25) is 0 Å². The third kappa shape index (κ3) is 2.52. The second kappa shape index (κ2) is 5.98. The van der Waals surface area contributed by atoms with Crippen LogP contribution in [0.3, 0.4) is 0 Å². The van der Waals surface area contributed by atoms with Crippen molar-refractivity contribution in [3.8, 4) is 5.75 Å². The Kier molecular flexibility index (Phi) is 4.57. The highest BCUT2D eigenvalue weighted by Crippen LogP contribution is 2.39. The predicted molar refractivity (Wildman–Crippen MR) is 79.7 cm³/mol. The second-order valence-electron chi connectivity index (χ2n) is 5.02. The van der Waals surface area contributed by atoms with Gasteiger partial charge in [-0.15, -0.1) is 0 Å². The van der Waals surface area contributed by atoms with E-state index in [4.69, 9.17) is 4.74 Å². The van der Waals surface area contributed by atoms with Crippen LogP contribution in [0, 0.1) is 19.8 Å². The van der Waals surface area contributed by atoms with Crippen LogP contribution in [0.1, 0.15) is 29.2 Å². The lowest BCUT2D eigenvalue weighted by Crippen LogP contribution is -2.26. The number of benzene rings is 1. The highest BCUT2D eigenvalue weighted by atomic mass is 32.2. The molecule has 0 aliphatic carbocycles. The SMILES string of the molecule is CNC(c1ccc(C)c(C)c1OC)C1CCSC1. The van der Waals surface area contributed by atoms with Gasteiger partial charge in [-0.25, -0.2) is 0 Å². The van der Waals surface area contributed by atoms with E-state index >= 15 is 0 Å². The maximum absolute atomic E-state index is 5.65. The number of hydrogen-bond donors (Lipinski definition) is 1. The van der Waals surface area contributed by atoms with Crippen LogP contribution in [0.15, 0.2) is 12.1 Å². The fourth-order valence-electron chi connectivity index (χ4n) is 2.79. The van der Waals surface area contributed by atoms with Gasteiger partial charge in [0, 0.05) is 11.6 Å². The van der Waals surface area contributed by atoms with Crippen LogP contribution in [-0.2, 0) is 0 Å². The lowest BCUT2D eigenvalue weighted by atomic mass is 9.90. The monoisotopic (exact) mass is 265 g/mol. The van der Waals surface area contributed by atoms with Crippen LogP contribution >= 0.6 is 11.8 Å². The van der Waals surface area contributed by atoms with Crippen LogP contribution in [-0.4, -0.2) is 25.7 Å². The van der Waals surface area contributed by atoms with Gasteiger partial charge in [0.05, 0.1) is 7.11 Å². The lowest BCUT2D eigenvalue weighted by Gasteiger charge is -2.26. The molecule has 1 N–H and O–H groups in total. The summed E-state index contributed by atoms with van der Waals surface area (Å²) in [7, 11) is 3.84. The van der Waals surface area contributed by atoms with E-state index in [1.165, 1.54) is 34.6 Å². The maximum atomic E-state index is 5.65. The number of aryl methyl sites for hydroxylation is 1. The van der Waals surface area contributed by atoms with E-state index in [9.17, 15) is 0 Å². The van der Waals surface area contributed by atoms with Crippen molar-refractivity contribution < 1.29 is 4.74 Å². The van der Waals surface area contributed by atoms with E-state index in [1.54, 1.807) is 7.11 Å². The molecule has 0 bridgehead atoms. The standard InChI is InChI=1S/C15H23NOS/c1-10-5-6-13(15(17-4)11(10)2)14(16-3)12-7-8-18-9-12/h5-6,12,14,16H,7-9H2,1-4H3. The van der Waals surface area contributed by atoms with Crippen molar-refractivity contribution in [2.24, 2.45) is 5.92 Å². The Morgan fingerprint density at radius 1 is 1.39 bits per heavy atom. The zero-order valence-corrected chi connectivity index (χ0v) is 12.6. The van der Waals surface area contributed by atoms with Gasteiger partial charge in [0.15, 0.2) is 0 Å². The van der Waals surface area contributed by atoms with Gasteiger partial charge >= 0.3 is 0 Å². The Bertz CT molecular complexity index is 413. The van der Waals surface area contributed by atoms with Gasteiger partial charge in [-0.2, -0.15) is 11.8 Å². The summed E-state index contributed by atoms with van der Waals surface area (Å²) in [6.45, 7) is 4.29. The smallest absolute Gasteiger partial charge is 0.126 e. The van der Waals surface area contributed by atoms with Gasteiger partial charge in [-0.1, -0.05) is 12.1 Å². The molecule has 0 radical (unpaired) electrons. The first-order chi connectivity index (χ1) is 8.69. The summed E-state index contributed by atoms with van der Waals surface area (Å²) in [5, 5.41) is 3.49. The van der Waals surface area contributed by atoms with E-state index in [1.807, 2.05) is 0 Å². The average molecular weight is 265 g/mol. The number of methoxy groups -OCH3 is 1. The first-order valence-corrected chi connectivity index (χ1v) is 7.73. The predicted octanol–water partition coefficient (Wildman–Crippen LogP) is 3.33. The Labute approximate surface area is 114 Å². The van der Waals surface area contributed by atoms with Crippen LogP contribution in [0.25, 0.3) is 0 Å². The summed E-state index contributed by atoms with van der Waals surface area (Å²) < 4.78 is 5.65. The van der Waals surface area contributed by atoms with Crippen molar-refractivity contribution in [2.75, 3.05) is 25.7 Å². The summed E-state index contributed by atoms with van der Waals surface area (Å²) in [6.07, 6.45) is 1.30. The van der Waals surface area contributed by atoms with Gasteiger partial charge in [0.1, 0.15) is 5.75 Å². The zero-order valence-electron chi connectivity index (χ0n) is 11.7. The van der Waals surface area contributed by atoms with Crippen molar-refractivity contribution >= 4 is 11.8 Å². The lowest BCUT2D eigenvalue weighted by molar-refractivity contribution is 0.371. The Morgan fingerprint density at radius 2 is 2.17 bits per heavy atom. The van der Waals surface area contributed by atoms with Crippen molar-refractivity contribution in [1.29, 1.82) is 0 Å². The summed E-state index contributed by atoms with van der Waals surface area (Å²) in [4.78, 5) is 0. The minimum atomic E-state index is 0.411. The molecule has 2 rings (SSSR count). The van der Waals surface area contributed by atoms with Crippen LogP contribution in [0.4, 0.5) is 0 Å². The molecule has 1 heterocycles. The molecule has 2 unspecified atom stereocenters. The Hall–Kier alpha value is -0.670. The minimum absolute atomic E-state index is 0.411. The highest BCUT2D eigenvalue weighted by Gasteiger charge is 2.28. The first kappa shape index (κ1) is 13.8. The molecule has 1 saturated heterocycles. The summed E-state index contributed by atoms with van der Waals surface area (Å²) >= 11 is 2.06. The van der Waals surface area contributed by atoms with Crippen LogP contribution < -0.4 is 10.1 Å². The molecule has 3 heteroatoms. The zero-order chi connectivity index (χ0) is 13.1. The highest BCUT2D eigenvalue weighted by molar-refractivity contribution is 7.99. The fraction of sp³-hybridized carbons (Fsp3) is 0.600. The number of ether oxygens (including phenoxy) is 1. The van der Waals surface area contributed by atoms with Gasteiger partial charge in [-0.05, 0) is 55.9 Å². The molecule has 100 valence electrons. The van der Waals surface area contributed by atoms with Crippen molar-refractivity contribution in [1.82, 2.24) is 5.32 Å². The van der Waals surface area contributed by atoms with E-state index in [0.29, 0.717) is 6.04 Å². The molecule has 1 aromatic carbocycles. The van der Waals surface area contributed by atoms with E-state index in [-0.39, 0.29) is 0 Å². The Morgan fingerprint density at radius 3 is 2.72 bits per heavy atom. The van der Waals surface area contributed by atoms with Gasteiger partial charge < -0.3 is 10.1 Å². The van der Waals surface area contributed by atoms with Crippen molar-refractivity contribution in [3.63, 3.8) is 0 Å². The number of thioether (sulfide) groups is 1. The molecule has 0 aromatic heterocycles. The summed E-state index contributed by atoms with van der Waals surface area (Å²) in [5.74, 6) is 4.32. The van der Waals surface area contributed by atoms with Crippen molar-refractivity contribution in [3.05, 3.63) is 28.8 Å². The molecule has 0 saturated carbocycles. The molecule has 1 aromatic rings. The molecule has 1 aliphatic heterocycles. The fourth-order valence-corrected chi connectivity index (χ4v) is 4.09. The maximum Gasteiger partial charge on any atom is 0.126 e. The minimum Gasteiger partial charge on any atom is -0.496 e. The van der Waals surface area contributed by atoms with Gasteiger partial charge in [0.25, 0.3) is 0 Å². The quantitative estimate of drug-likeness (QED) is 0.902. The molecule has 0 spiro atoms. The average Bonchev–Trinajstić information content (AvgIpc) is 2.89. The molecule has 1 aliphatic rings. The molecular weight excluding hydrogens is 242 g/mol. The number of hydrogen-bond acceptors (Lipinski definition) is 3. The van der Waals surface area contributed by atoms with Crippen LogP contribution in [0.5, 0.6) is 5.75 Å². The van der Waals surface area contributed by atoms with E-state index in [0.717, 1.165) is 11.7 Å². The third-order valence-electron chi connectivity index (χ3n) is 3.99. The molecule has 18 heavy (non-hydrogen) atoms. The molecule has 0 amide bonds. The summed E-state index contributed by atoms with van der Waals surface area (Å²) in [6, 6.07) is 4.85. The third-order valence-corrected chi connectivity index (χ3v) is 5.18. The first-order valence-electron chi connectivity index (χ1n) is 6.58. The molecular formula is C15H23NOS. The topological polar surface area (TPSA) is 21.3 Å². The van der Waals surface area contributed by atoms with Crippen molar-refractivity contribution in [2.45, 2.75) is 26.3 Å². The normalized spacial score (nSPS) is 21.0.